The Kier molecular flexibility index (Phi) is 5.33. The van der Waals surface area contributed by atoms with E-state index in [4.69, 9.17) is 9.15 Å². The van der Waals surface area contributed by atoms with E-state index in [2.05, 4.69) is 10.0 Å². The highest BCUT2D eigenvalue weighted by atomic mass is 32.2. The van der Waals surface area contributed by atoms with Gasteiger partial charge in [-0.2, -0.15) is 0 Å². The molecule has 0 aromatic carbocycles. The van der Waals surface area contributed by atoms with Crippen molar-refractivity contribution in [1.29, 1.82) is 0 Å². The Bertz CT molecular complexity index is 680. The molecule has 0 bridgehead atoms. The summed E-state index contributed by atoms with van der Waals surface area (Å²) in [6.45, 7) is 2.42. The average Bonchev–Trinajstić information content (AvgIpc) is 2.81. The number of aryl methyl sites for hydroxylation is 1. The van der Waals surface area contributed by atoms with E-state index in [-0.39, 0.29) is 17.9 Å². The second-order valence-electron chi connectivity index (χ2n) is 4.77. The number of furan rings is 1. The molecule has 0 saturated heterocycles. The SMILES string of the molecule is CNS(=O)(=O)c1cc(C(=O)NC(C)(COC)C(=O)O)c(C)o1. The van der Waals surface area contributed by atoms with Crippen LogP contribution in [0.3, 0.4) is 0 Å². The van der Waals surface area contributed by atoms with Gasteiger partial charge in [-0.05, 0) is 20.9 Å². The Morgan fingerprint density at radius 2 is 2.05 bits per heavy atom. The van der Waals surface area contributed by atoms with Crippen LogP contribution in [0.15, 0.2) is 15.6 Å². The highest BCUT2D eigenvalue weighted by molar-refractivity contribution is 7.89. The summed E-state index contributed by atoms with van der Waals surface area (Å²) in [6, 6.07) is 1.03. The summed E-state index contributed by atoms with van der Waals surface area (Å²) in [4.78, 5) is 23.4. The third-order valence-corrected chi connectivity index (χ3v) is 4.24. The Morgan fingerprint density at radius 1 is 1.45 bits per heavy atom. The lowest BCUT2D eigenvalue weighted by Gasteiger charge is -2.25. The van der Waals surface area contributed by atoms with Crippen molar-refractivity contribution in [2.75, 3.05) is 20.8 Å². The Morgan fingerprint density at radius 3 is 2.50 bits per heavy atom. The fourth-order valence-electron chi connectivity index (χ4n) is 1.67. The van der Waals surface area contributed by atoms with E-state index < -0.39 is 32.5 Å². The van der Waals surface area contributed by atoms with Gasteiger partial charge in [-0.3, -0.25) is 4.79 Å². The minimum Gasteiger partial charge on any atom is -0.479 e. The highest BCUT2D eigenvalue weighted by Gasteiger charge is 2.36. The molecule has 10 heteroatoms. The standard InChI is InChI=1S/C12H18N2O7S/c1-7-8(5-9(21-7)22(18,19)13-3)10(15)14-12(2,6-20-4)11(16)17/h5,13H,6H2,1-4H3,(H,14,15)(H,16,17). The van der Waals surface area contributed by atoms with Gasteiger partial charge in [0.25, 0.3) is 15.9 Å². The molecule has 1 rings (SSSR count). The maximum absolute atomic E-state index is 12.2. The summed E-state index contributed by atoms with van der Waals surface area (Å²) in [6.07, 6.45) is 0. The number of hydrogen-bond donors (Lipinski definition) is 3. The molecule has 22 heavy (non-hydrogen) atoms. The lowest BCUT2D eigenvalue weighted by Crippen LogP contribution is -2.55. The van der Waals surface area contributed by atoms with Crippen LogP contribution in [-0.2, 0) is 19.6 Å². The molecule has 0 aliphatic rings. The minimum absolute atomic E-state index is 0.0523. The van der Waals surface area contributed by atoms with Gasteiger partial charge in [-0.25, -0.2) is 17.9 Å². The van der Waals surface area contributed by atoms with Crippen molar-refractivity contribution in [2.45, 2.75) is 24.5 Å². The number of ether oxygens (including phenoxy) is 1. The van der Waals surface area contributed by atoms with Crippen molar-refractivity contribution in [3.05, 3.63) is 17.4 Å². The number of sulfonamides is 1. The van der Waals surface area contributed by atoms with E-state index >= 15 is 0 Å². The van der Waals surface area contributed by atoms with Crippen LogP contribution in [0, 0.1) is 6.92 Å². The van der Waals surface area contributed by atoms with Crippen molar-refractivity contribution in [3.63, 3.8) is 0 Å². The van der Waals surface area contributed by atoms with Crippen LogP contribution in [0.5, 0.6) is 0 Å². The monoisotopic (exact) mass is 334 g/mol. The lowest BCUT2D eigenvalue weighted by atomic mass is 10.0. The maximum atomic E-state index is 12.2. The van der Waals surface area contributed by atoms with Crippen LogP contribution in [0.4, 0.5) is 0 Å². The number of rotatable bonds is 7. The van der Waals surface area contributed by atoms with Gasteiger partial charge in [0, 0.05) is 13.2 Å². The van der Waals surface area contributed by atoms with E-state index in [0.717, 1.165) is 6.07 Å². The normalized spacial score (nSPS) is 14.4. The first-order valence-corrected chi connectivity index (χ1v) is 7.64. The van der Waals surface area contributed by atoms with Gasteiger partial charge in [0.05, 0.1) is 12.2 Å². The van der Waals surface area contributed by atoms with Crippen LogP contribution >= 0.6 is 0 Å². The van der Waals surface area contributed by atoms with Crippen molar-refractivity contribution in [3.8, 4) is 0 Å². The summed E-state index contributed by atoms with van der Waals surface area (Å²) < 4.78 is 35.1. The Labute approximate surface area is 127 Å². The molecule has 0 aliphatic carbocycles. The molecule has 1 amide bonds. The number of carbonyl (C=O) groups excluding carboxylic acids is 1. The lowest BCUT2D eigenvalue weighted by molar-refractivity contribution is -0.145. The van der Waals surface area contributed by atoms with Gasteiger partial charge in [-0.15, -0.1) is 0 Å². The Hall–Kier alpha value is -1.91. The molecule has 0 fully saturated rings. The van der Waals surface area contributed by atoms with Crippen LogP contribution in [-0.4, -0.2) is 51.7 Å². The molecule has 0 spiro atoms. The number of carboxylic acid groups (broad SMARTS) is 1. The molecule has 1 aromatic heterocycles. The first-order valence-electron chi connectivity index (χ1n) is 6.16. The molecule has 1 atom stereocenters. The molecule has 0 saturated carbocycles. The van der Waals surface area contributed by atoms with Gasteiger partial charge in [-0.1, -0.05) is 0 Å². The number of amides is 1. The largest absolute Gasteiger partial charge is 0.479 e. The third kappa shape index (κ3) is 3.64. The predicted octanol–water partition coefficient (Wildman–Crippen LogP) is -0.284. The minimum atomic E-state index is -3.84. The number of aliphatic carboxylic acids is 1. The zero-order chi connectivity index (χ0) is 17.1. The first-order chi connectivity index (χ1) is 10.1. The molecule has 0 aliphatic heterocycles. The second kappa shape index (κ2) is 6.46. The summed E-state index contributed by atoms with van der Waals surface area (Å²) in [5.74, 6) is -2.01. The average molecular weight is 334 g/mol. The second-order valence-corrected chi connectivity index (χ2v) is 6.58. The van der Waals surface area contributed by atoms with Crippen molar-refractivity contribution in [2.24, 2.45) is 0 Å². The molecule has 1 unspecified atom stereocenters. The third-order valence-electron chi connectivity index (χ3n) is 2.97. The van der Waals surface area contributed by atoms with E-state index in [1.807, 2.05) is 0 Å². The summed E-state index contributed by atoms with van der Waals surface area (Å²) in [7, 11) is -1.34. The van der Waals surface area contributed by atoms with Crippen LogP contribution in [0.2, 0.25) is 0 Å². The van der Waals surface area contributed by atoms with Gasteiger partial charge >= 0.3 is 5.97 Å². The maximum Gasteiger partial charge on any atom is 0.331 e. The van der Waals surface area contributed by atoms with Gasteiger partial charge < -0.3 is 19.6 Å². The van der Waals surface area contributed by atoms with E-state index in [0.29, 0.717) is 0 Å². The fourth-order valence-corrected chi connectivity index (χ4v) is 2.38. The molecule has 9 nitrogen and oxygen atoms in total. The van der Waals surface area contributed by atoms with Gasteiger partial charge in [0.1, 0.15) is 5.76 Å². The first kappa shape index (κ1) is 18.1. The van der Waals surface area contributed by atoms with Crippen LogP contribution in [0.25, 0.3) is 0 Å². The predicted molar refractivity (Wildman–Crippen MR) is 75.1 cm³/mol. The number of hydrogen-bond acceptors (Lipinski definition) is 6. The molecule has 3 N–H and O–H groups in total. The molecular weight excluding hydrogens is 316 g/mol. The van der Waals surface area contributed by atoms with E-state index in [1.54, 1.807) is 0 Å². The number of carbonyl (C=O) groups is 2. The molecule has 1 heterocycles. The van der Waals surface area contributed by atoms with Crippen LogP contribution in [0.1, 0.15) is 23.0 Å². The summed E-state index contributed by atoms with van der Waals surface area (Å²) >= 11 is 0. The van der Waals surface area contributed by atoms with Crippen molar-refractivity contribution in [1.82, 2.24) is 10.0 Å². The zero-order valence-corrected chi connectivity index (χ0v) is 13.4. The summed E-state index contributed by atoms with van der Waals surface area (Å²) in [5.41, 5.74) is -1.73. The van der Waals surface area contributed by atoms with Gasteiger partial charge in [0.15, 0.2) is 5.54 Å². The van der Waals surface area contributed by atoms with Crippen LogP contribution < -0.4 is 10.0 Å². The molecular formula is C12H18N2O7S. The van der Waals surface area contributed by atoms with Gasteiger partial charge in [0.2, 0.25) is 5.09 Å². The molecule has 0 radical (unpaired) electrons. The number of nitrogens with one attached hydrogen (secondary N) is 2. The Balaban J connectivity index is 3.12. The zero-order valence-electron chi connectivity index (χ0n) is 12.6. The smallest absolute Gasteiger partial charge is 0.331 e. The number of carboxylic acids is 1. The quantitative estimate of drug-likeness (QED) is 0.624. The number of methoxy groups -OCH3 is 1. The molecule has 124 valence electrons. The van der Waals surface area contributed by atoms with Crippen molar-refractivity contribution >= 4 is 21.9 Å². The van der Waals surface area contributed by atoms with E-state index in [1.165, 1.54) is 28.0 Å². The fraction of sp³-hybridized carbons (Fsp3) is 0.500. The molecule has 1 aromatic rings. The van der Waals surface area contributed by atoms with E-state index in [9.17, 15) is 23.1 Å². The highest BCUT2D eigenvalue weighted by Crippen LogP contribution is 2.19. The summed E-state index contributed by atoms with van der Waals surface area (Å²) in [5, 5.41) is 11.0. The topological polar surface area (TPSA) is 135 Å². The van der Waals surface area contributed by atoms with Crippen molar-refractivity contribution < 1.29 is 32.3 Å².